The van der Waals surface area contributed by atoms with Crippen LogP contribution < -0.4 is 0 Å². The van der Waals surface area contributed by atoms with E-state index in [9.17, 15) is 24.0 Å². The summed E-state index contributed by atoms with van der Waals surface area (Å²) in [4.78, 5) is 50.2. The van der Waals surface area contributed by atoms with Gasteiger partial charge in [-0.15, -0.1) is 0 Å². The van der Waals surface area contributed by atoms with Gasteiger partial charge in [0.2, 0.25) is 0 Å². The van der Waals surface area contributed by atoms with Gasteiger partial charge in [0, 0.05) is 6.08 Å². The van der Waals surface area contributed by atoms with Crippen molar-refractivity contribution >= 4 is 28.9 Å². The topological polar surface area (TPSA) is 106 Å². The summed E-state index contributed by atoms with van der Waals surface area (Å²) in [5.41, 5.74) is 0. The molecule has 0 aliphatic carbocycles. The van der Waals surface area contributed by atoms with Crippen LogP contribution in [0.1, 0.15) is 54.4 Å². The van der Waals surface area contributed by atoms with Crippen LogP contribution in [-0.2, 0) is 24.0 Å². The number of hydrogen-bond donors (Lipinski definition) is 1. The Bertz CT molecular complexity index is 364. The Labute approximate surface area is 125 Å². The molecule has 0 radical (unpaired) electrons. The SMILES string of the molecule is CC(=O)/C=C(/C)O.CC(=O)CC(C)=O.CC(=O)CC(C)=O. The lowest BCUT2D eigenvalue weighted by atomic mass is 10.2. The van der Waals surface area contributed by atoms with E-state index in [0.29, 0.717) is 0 Å². The van der Waals surface area contributed by atoms with E-state index in [4.69, 9.17) is 5.11 Å². The van der Waals surface area contributed by atoms with E-state index in [2.05, 4.69) is 0 Å². The predicted molar refractivity (Wildman–Crippen MR) is 79.0 cm³/mol. The normalized spacial score (nSPS) is 9.33. The molecule has 120 valence electrons. The second kappa shape index (κ2) is 14.3. The van der Waals surface area contributed by atoms with Crippen LogP contribution >= 0.6 is 0 Å². The van der Waals surface area contributed by atoms with Crippen molar-refractivity contribution in [2.24, 2.45) is 0 Å². The summed E-state index contributed by atoms with van der Waals surface area (Å²) >= 11 is 0. The Morgan fingerprint density at radius 2 is 0.905 bits per heavy atom. The minimum Gasteiger partial charge on any atom is -0.512 e. The number of ketones is 5. The predicted octanol–water partition coefficient (Wildman–Crippen LogP) is 2.15. The number of rotatable bonds is 5. The number of Topliss-reactive ketones (excluding diaryl/α,β-unsaturated/α-hetero) is 4. The Kier molecular flexibility index (Phi) is 16.3. The molecule has 0 saturated heterocycles. The second-order valence-corrected chi connectivity index (χ2v) is 4.56. The van der Waals surface area contributed by atoms with Gasteiger partial charge in [-0.05, 0) is 41.5 Å². The van der Waals surface area contributed by atoms with Gasteiger partial charge < -0.3 is 5.11 Å². The third-order valence-corrected chi connectivity index (χ3v) is 1.41. The van der Waals surface area contributed by atoms with Crippen molar-refractivity contribution < 1.29 is 29.1 Å². The van der Waals surface area contributed by atoms with Gasteiger partial charge in [0.05, 0.1) is 18.6 Å². The van der Waals surface area contributed by atoms with Gasteiger partial charge >= 0.3 is 0 Å². The largest absolute Gasteiger partial charge is 0.512 e. The van der Waals surface area contributed by atoms with Crippen molar-refractivity contribution in [3.63, 3.8) is 0 Å². The van der Waals surface area contributed by atoms with Crippen molar-refractivity contribution in [3.05, 3.63) is 11.8 Å². The molecule has 0 aromatic carbocycles. The van der Waals surface area contributed by atoms with Gasteiger partial charge in [-0.3, -0.25) is 24.0 Å². The highest BCUT2D eigenvalue weighted by molar-refractivity contribution is 5.97. The molecule has 6 nitrogen and oxygen atoms in total. The van der Waals surface area contributed by atoms with Crippen molar-refractivity contribution in [3.8, 4) is 0 Å². The molecule has 0 spiro atoms. The Morgan fingerprint density at radius 3 is 0.905 bits per heavy atom. The van der Waals surface area contributed by atoms with Gasteiger partial charge in [0.1, 0.15) is 23.1 Å². The monoisotopic (exact) mass is 300 g/mol. The smallest absolute Gasteiger partial charge is 0.155 e. The standard InChI is InChI=1S/3C5H8O2/c3*1-4(6)3-5(2)7/h2*3H2,1-2H3;3,6H,1-2H3/b;;4-3-. The van der Waals surface area contributed by atoms with E-state index >= 15 is 0 Å². The first kappa shape index (κ1) is 23.9. The molecule has 0 aromatic heterocycles. The summed E-state index contributed by atoms with van der Waals surface area (Å²) in [6.07, 6.45) is 1.33. The molecule has 1 N–H and O–H groups in total. The van der Waals surface area contributed by atoms with Crippen molar-refractivity contribution in [2.45, 2.75) is 54.4 Å². The van der Waals surface area contributed by atoms with E-state index in [1.54, 1.807) is 0 Å². The van der Waals surface area contributed by atoms with Crippen molar-refractivity contribution in [2.75, 3.05) is 0 Å². The molecule has 0 aromatic rings. The summed E-state index contributed by atoms with van der Waals surface area (Å²) in [7, 11) is 0. The highest BCUT2D eigenvalue weighted by Gasteiger charge is 1.95. The molecule has 0 bridgehead atoms. The molecule has 6 heteroatoms. The van der Waals surface area contributed by atoms with Crippen LogP contribution in [0.25, 0.3) is 0 Å². The van der Waals surface area contributed by atoms with Gasteiger partial charge in [-0.1, -0.05) is 0 Å². The summed E-state index contributed by atoms with van der Waals surface area (Å²) in [5.74, 6) is -0.312. The number of allylic oxidation sites excluding steroid dienone is 2. The van der Waals surface area contributed by atoms with Crippen LogP contribution in [0.15, 0.2) is 11.8 Å². The molecule has 0 aliphatic heterocycles. The van der Waals surface area contributed by atoms with E-state index in [-0.39, 0.29) is 47.5 Å². The minimum absolute atomic E-state index is 0.0625. The summed E-state index contributed by atoms with van der Waals surface area (Å²) in [6, 6.07) is 0. The molecule has 0 fully saturated rings. The van der Waals surface area contributed by atoms with Crippen LogP contribution in [-0.4, -0.2) is 34.0 Å². The Morgan fingerprint density at radius 1 is 0.667 bits per heavy atom. The van der Waals surface area contributed by atoms with E-state index in [1.165, 1.54) is 47.6 Å². The first-order valence-electron chi connectivity index (χ1n) is 6.24. The fraction of sp³-hybridized carbons (Fsp3) is 0.533. The first-order valence-corrected chi connectivity index (χ1v) is 6.24. The second-order valence-electron chi connectivity index (χ2n) is 4.56. The molecule has 0 rings (SSSR count). The van der Waals surface area contributed by atoms with Crippen LogP contribution in [0, 0.1) is 0 Å². The number of carbonyl (C=O) groups is 5. The van der Waals surface area contributed by atoms with Gasteiger partial charge in [-0.2, -0.15) is 0 Å². The highest BCUT2D eigenvalue weighted by Crippen LogP contribution is 1.82. The molecular weight excluding hydrogens is 276 g/mol. The molecule has 0 amide bonds. The van der Waals surface area contributed by atoms with Crippen molar-refractivity contribution in [1.29, 1.82) is 0 Å². The zero-order chi connectivity index (χ0) is 17.6. The third-order valence-electron chi connectivity index (χ3n) is 1.41. The zero-order valence-corrected chi connectivity index (χ0v) is 13.5. The molecule has 0 aliphatic rings. The van der Waals surface area contributed by atoms with E-state index in [1.807, 2.05) is 0 Å². The zero-order valence-electron chi connectivity index (χ0n) is 13.5. The molecular formula is C15H24O6. The van der Waals surface area contributed by atoms with Crippen LogP contribution in [0.2, 0.25) is 0 Å². The Hall–Kier alpha value is -2.11. The maximum absolute atomic E-state index is 10.0. The molecule has 0 atom stereocenters. The van der Waals surface area contributed by atoms with Crippen molar-refractivity contribution in [1.82, 2.24) is 0 Å². The molecule has 21 heavy (non-hydrogen) atoms. The molecule has 0 unspecified atom stereocenters. The lowest BCUT2D eigenvalue weighted by molar-refractivity contribution is -0.126. The number of aliphatic hydroxyl groups excluding tert-OH is 1. The first-order chi connectivity index (χ1) is 9.38. The third kappa shape index (κ3) is 46.2. The van der Waals surface area contributed by atoms with Gasteiger partial charge in [0.15, 0.2) is 5.78 Å². The van der Waals surface area contributed by atoms with E-state index in [0.717, 1.165) is 0 Å². The van der Waals surface area contributed by atoms with Crippen LogP contribution in [0.3, 0.4) is 0 Å². The lowest BCUT2D eigenvalue weighted by Gasteiger charge is -1.81. The summed E-state index contributed by atoms with van der Waals surface area (Å²) < 4.78 is 0. The fourth-order valence-electron chi connectivity index (χ4n) is 0.995. The number of carbonyl (C=O) groups excluding carboxylic acids is 5. The van der Waals surface area contributed by atoms with Crippen LogP contribution in [0.4, 0.5) is 0 Å². The van der Waals surface area contributed by atoms with Gasteiger partial charge in [0.25, 0.3) is 0 Å². The fourth-order valence-corrected chi connectivity index (χ4v) is 0.995. The van der Waals surface area contributed by atoms with Crippen LogP contribution in [0.5, 0.6) is 0 Å². The average Bonchev–Trinajstić information content (AvgIpc) is 2.10. The van der Waals surface area contributed by atoms with E-state index < -0.39 is 0 Å². The average molecular weight is 300 g/mol. The summed E-state index contributed by atoms with van der Waals surface area (Å²) in [6.45, 7) is 8.46. The quantitative estimate of drug-likeness (QED) is 0.473. The lowest BCUT2D eigenvalue weighted by Crippen LogP contribution is -1.97. The highest BCUT2D eigenvalue weighted by atomic mass is 16.3. The summed E-state index contributed by atoms with van der Waals surface area (Å²) in [5, 5.41) is 8.36. The molecule has 0 heterocycles. The number of aliphatic hydroxyl groups is 1. The maximum Gasteiger partial charge on any atom is 0.155 e. The van der Waals surface area contributed by atoms with Gasteiger partial charge in [-0.25, -0.2) is 0 Å². The minimum atomic E-state index is -0.125. The number of hydrogen-bond acceptors (Lipinski definition) is 6. The molecule has 0 saturated carbocycles. The maximum atomic E-state index is 10.0. The Balaban J connectivity index is -0.000000231.